The van der Waals surface area contributed by atoms with Gasteiger partial charge in [-0.05, 0) is 19.8 Å². The van der Waals surface area contributed by atoms with E-state index in [1.807, 2.05) is 13.0 Å². The first-order chi connectivity index (χ1) is 5.79. The van der Waals surface area contributed by atoms with Gasteiger partial charge in [0.05, 0.1) is 0 Å². The standard InChI is InChI=1S/C10H18ClN/c1-9(11)7-8-12-10-5-3-2-4-6-10/h7,10,12H,2-6,8H2,1H3/b9-7-. The highest BCUT2D eigenvalue weighted by Gasteiger charge is 2.10. The van der Waals surface area contributed by atoms with Gasteiger partial charge in [-0.3, -0.25) is 0 Å². The Balaban J connectivity index is 2.09. The number of halogens is 1. The summed E-state index contributed by atoms with van der Waals surface area (Å²) in [5.41, 5.74) is 0. The second kappa shape index (κ2) is 5.60. The van der Waals surface area contributed by atoms with Gasteiger partial charge in [0.25, 0.3) is 0 Å². The van der Waals surface area contributed by atoms with Gasteiger partial charge in [0, 0.05) is 17.6 Å². The lowest BCUT2D eigenvalue weighted by Crippen LogP contribution is -2.30. The van der Waals surface area contributed by atoms with E-state index in [4.69, 9.17) is 11.6 Å². The van der Waals surface area contributed by atoms with Crippen molar-refractivity contribution in [3.63, 3.8) is 0 Å². The van der Waals surface area contributed by atoms with Crippen molar-refractivity contribution in [2.24, 2.45) is 0 Å². The van der Waals surface area contributed by atoms with E-state index >= 15 is 0 Å². The maximum absolute atomic E-state index is 5.72. The number of rotatable bonds is 3. The minimum atomic E-state index is 0.742. The molecule has 1 fully saturated rings. The fourth-order valence-corrected chi connectivity index (χ4v) is 1.75. The van der Waals surface area contributed by atoms with Crippen LogP contribution in [0.5, 0.6) is 0 Å². The average molecular weight is 188 g/mol. The first-order valence-corrected chi connectivity index (χ1v) is 5.22. The SMILES string of the molecule is C/C(Cl)=C/CNC1CCCCC1. The fourth-order valence-electron chi connectivity index (χ4n) is 1.67. The Hall–Kier alpha value is -0.0100. The summed E-state index contributed by atoms with van der Waals surface area (Å²) in [6.45, 7) is 2.85. The zero-order valence-corrected chi connectivity index (χ0v) is 8.53. The Morgan fingerprint density at radius 3 is 2.67 bits per heavy atom. The molecule has 1 aliphatic carbocycles. The van der Waals surface area contributed by atoms with Crippen molar-refractivity contribution in [1.29, 1.82) is 0 Å². The van der Waals surface area contributed by atoms with Gasteiger partial charge in [0.1, 0.15) is 0 Å². The Labute approximate surface area is 80.2 Å². The van der Waals surface area contributed by atoms with Gasteiger partial charge in [0.2, 0.25) is 0 Å². The van der Waals surface area contributed by atoms with Gasteiger partial charge < -0.3 is 5.32 Å². The molecule has 2 heteroatoms. The Bertz CT molecular complexity index is 144. The Morgan fingerprint density at radius 1 is 1.42 bits per heavy atom. The predicted molar refractivity (Wildman–Crippen MR) is 54.5 cm³/mol. The summed E-state index contributed by atoms with van der Waals surface area (Å²) in [5, 5.41) is 4.38. The molecule has 1 saturated carbocycles. The van der Waals surface area contributed by atoms with Crippen molar-refractivity contribution in [3.8, 4) is 0 Å². The lowest BCUT2D eigenvalue weighted by Gasteiger charge is -2.22. The molecule has 0 aromatic carbocycles. The van der Waals surface area contributed by atoms with E-state index in [1.54, 1.807) is 0 Å². The van der Waals surface area contributed by atoms with Crippen LogP contribution >= 0.6 is 11.6 Å². The van der Waals surface area contributed by atoms with Gasteiger partial charge in [-0.25, -0.2) is 0 Å². The lowest BCUT2D eigenvalue weighted by atomic mass is 9.95. The predicted octanol–water partition coefficient (Wildman–Crippen LogP) is 3.05. The summed E-state index contributed by atoms with van der Waals surface area (Å²) >= 11 is 5.72. The third-order valence-corrected chi connectivity index (χ3v) is 2.55. The molecule has 70 valence electrons. The highest BCUT2D eigenvalue weighted by atomic mass is 35.5. The second-order valence-corrected chi connectivity index (χ2v) is 4.13. The molecule has 0 saturated heterocycles. The molecular formula is C10H18ClN. The smallest absolute Gasteiger partial charge is 0.0151 e. The van der Waals surface area contributed by atoms with Gasteiger partial charge in [-0.15, -0.1) is 0 Å². The van der Waals surface area contributed by atoms with Crippen molar-refractivity contribution in [1.82, 2.24) is 5.32 Å². The lowest BCUT2D eigenvalue weighted by molar-refractivity contribution is 0.385. The highest BCUT2D eigenvalue weighted by Crippen LogP contribution is 2.17. The Kier molecular flexibility index (Phi) is 4.70. The molecule has 0 heterocycles. The van der Waals surface area contributed by atoms with Crippen LogP contribution in [0.4, 0.5) is 0 Å². The van der Waals surface area contributed by atoms with Gasteiger partial charge in [-0.1, -0.05) is 36.9 Å². The molecular weight excluding hydrogens is 170 g/mol. The molecule has 0 unspecified atom stereocenters. The molecule has 0 atom stereocenters. The molecule has 0 aromatic rings. The maximum Gasteiger partial charge on any atom is 0.0151 e. The van der Waals surface area contributed by atoms with E-state index in [1.165, 1.54) is 32.1 Å². The summed E-state index contributed by atoms with van der Waals surface area (Å²) in [4.78, 5) is 0. The van der Waals surface area contributed by atoms with Crippen molar-refractivity contribution in [3.05, 3.63) is 11.1 Å². The third-order valence-electron chi connectivity index (χ3n) is 2.40. The van der Waals surface area contributed by atoms with E-state index in [2.05, 4.69) is 5.32 Å². The maximum atomic E-state index is 5.72. The van der Waals surface area contributed by atoms with Crippen LogP contribution in [0.3, 0.4) is 0 Å². The van der Waals surface area contributed by atoms with Gasteiger partial charge >= 0.3 is 0 Å². The quantitative estimate of drug-likeness (QED) is 0.716. The van der Waals surface area contributed by atoms with Gasteiger partial charge in [0.15, 0.2) is 0 Å². The van der Waals surface area contributed by atoms with Crippen LogP contribution in [-0.4, -0.2) is 12.6 Å². The summed E-state index contributed by atoms with van der Waals surface area (Å²) in [6.07, 6.45) is 8.92. The van der Waals surface area contributed by atoms with E-state index in [9.17, 15) is 0 Å². The monoisotopic (exact) mass is 187 g/mol. The molecule has 1 aliphatic rings. The summed E-state index contributed by atoms with van der Waals surface area (Å²) < 4.78 is 0. The molecule has 1 N–H and O–H groups in total. The zero-order valence-electron chi connectivity index (χ0n) is 7.78. The first-order valence-electron chi connectivity index (χ1n) is 4.84. The number of hydrogen-bond donors (Lipinski definition) is 1. The molecule has 1 nitrogen and oxygen atoms in total. The average Bonchev–Trinajstić information content (AvgIpc) is 2.05. The topological polar surface area (TPSA) is 12.0 Å². The largest absolute Gasteiger partial charge is 0.310 e. The molecule has 0 radical (unpaired) electrons. The zero-order chi connectivity index (χ0) is 8.81. The number of nitrogens with one attached hydrogen (secondary N) is 1. The summed E-state index contributed by atoms with van der Waals surface area (Å²) in [6, 6.07) is 0.742. The van der Waals surface area contributed by atoms with Crippen LogP contribution in [0, 0.1) is 0 Å². The molecule has 0 amide bonds. The number of hydrogen-bond acceptors (Lipinski definition) is 1. The minimum Gasteiger partial charge on any atom is -0.310 e. The summed E-state index contributed by atoms with van der Waals surface area (Å²) in [5.74, 6) is 0. The molecule has 1 rings (SSSR count). The molecule has 12 heavy (non-hydrogen) atoms. The molecule has 0 aromatic heterocycles. The molecule has 0 bridgehead atoms. The fraction of sp³-hybridized carbons (Fsp3) is 0.800. The van der Waals surface area contributed by atoms with Crippen LogP contribution < -0.4 is 5.32 Å². The summed E-state index contributed by atoms with van der Waals surface area (Å²) in [7, 11) is 0. The Morgan fingerprint density at radius 2 is 2.08 bits per heavy atom. The third kappa shape index (κ3) is 4.13. The van der Waals surface area contributed by atoms with Crippen molar-refractivity contribution in [2.75, 3.05) is 6.54 Å². The normalized spacial score (nSPS) is 21.3. The van der Waals surface area contributed by atoms with Crippen molar-refractivity contribution < 1.29 is 0 Å². The van der Waals surface area contributed by atoms with E-state index in [0.29, 0.717) is 0 Å². The molecule has 0 aliphatic heterocycles. The highest BCUT2D eigenvalue weighted by molar-refractivity contribution is 6.29. The van der Waals surface area contributed by atoms with Crippen molar-refractivity contribution >= 4 is 11.6 Å². The number of allylic oxidation sites excluding steroid dienone is 1. The van der Waals surface area contributed by atoms with Gasteiger partial charge in [-0.2, -0.15) is 0 Å². The van der Waals surface area contributed by atoms with Crippen LogP contribution in [0.15, 0.2) is 11.1 Å². The van der Waals surface area contributed by atoms with Crippen molar-refractivity contribution in [2.45, 2.75) is 45.1 Å². The van der Waals surface area contributed by atoms with Crippen LogP contribution in [0.1, 0.15) is 39.0 Å². The van der Waals surface area contributed by atoms with E-state index in [0.717, 1.165) is 17.6 Å². The van der Waals surface area contributed by atoms with E-state index < -0.39 is 0 Å². The minimum absolute atomic E-state index is 0.742. The molecule has 0 spiro atoms. The van der Waals surface area contributed by atoms with Crippen LogP contribution in [0.25, 0.3) is 0 Å². The van der Waals surface area contributed by atoms with Crippen LogP contribution in [-0.2, 0) is 0 Å². The van der Waals surface area contributed by atoms with Crippen LogP contribution in [0.2, 0.25) is 0 Å². The first kappa shape index (κ1) is 10.1. The van der Waals surface area contributed by atoms with E-state index in [-0.39, 0.29) is 0 Å². The second-order valence-electron chi connectivity index (χ2n) is 3.53.